The third kappa shape index (κ3) is 1.94. The van der Waals surface area contributed by atoms with Crippen LogP contribution in [0.4, 0.5) is 0 Å². The van der Waals surface area contributed by atoms with Crippen LogP contribution in [0, 0.1) is 0 Å². The molecule has 0 saturated heterocycles. The highest BCUT2D eigenvalue weighted by molar-refractivity contribution is 9.10. The maximum Gasteiger partial charge on any atom is 0.179 e. The minimum absolute atomic E-state index is 0.447. The molecule has 0 bridgehead atoms. The Morgan fingerprint density at radius 2 is 1.88 bits per heavy atom. The monoisotopic (exact) mass is 307 g/mol. The number of imidazole rings is 1. The van der Waals surface area contributed by atoms with Gasteiger partial charge in [0.05, 0.1) is 5.52 Å². The molecule has 0 spiro atoms. The summed E-state index contributed by atoms with van der Waals surface area (Å²) in [5, 5.41) is 0.447. The van der Waals surface area contributed by atoms with Gasteiger partial charge >= 0.3 is 0 Å². The number of hydrogen-bond donors (Lipinski definition) is 1. The Balaban J connectivity index is 2.22. The van der Waals surface area contributed by atoms with E-state index in [-0.39, 0.29) is 0 Å². The van der Waals surface area contributed by atoms with Gasteiger partial charge in [-0.15, -0.1) is 0 Å². The Morgan fingerprint density at radius 1 is 1.06 bits per heavy atom. The zero-order valence-corrected chi connectivity index (χ0v) is 11.0. The van der Waals surface area contributed by atoms with Crippen LogP contribution in [0.3, 0.4) is 0 Å². The Bertz CT molecular complexity index is 693. The van der Waals surface area contributed by atoms with Crippen LogP contribution >= 0.6 is 27.5 Å². The van der Waals surface area contributed by atoms with Gasteiger partial charge in [0.15, 0.2) is 5.65 Å². The van der Waals surface area contributed by atoms with Gasteiger partial charge in [0.2, 0.25) is 0 Å². The fourth-order valence-electron chi connectivity index (χ4n) is 1.65. The molecule has 0 fully saturated rings. The number of halogens is 2. The molecular weight excluding hydrogens is 302 g/mol. The van der Waals surface area contributed by atoms with Crippen LogP contribution in [0.5, 0.6) is 0 Å². The maximum absolute atomic E-state index is 5.83. The quantitative estimate of drug-likeness (QED) is 0.689. The van der Waals surface area contributed by atoms with Crippen LogP contribution in [-0.2, 0) is 0 Å². The van der Waals surface area contributed by atoms with Crippen molar-refractivity contribution in [1.29, 1.82) is 0 Å². The summed E-state index contributed by atoms with van der Waals surface area (Å²) in [5.74, 6) is 0.780. The SMILES string of the molecule is Clc1ccc2[nH]c(-c3ccccc3Br)nc2n1. The molecule has 3 rings (SSSR count). The number of nitrogens with zero attached hydrogens (tertiary/aromatic N) is 2. The standard InChI is InChI=1S/C12H7BrClN3/c13-8-4-2-1-3-7(8)11-15-9-5-6-10(14)16-12(9)17-11/h1-6H,(H,15,16,17). The first-order valence-electron chi connectivity index (χ1n) is 5.01. The van der Waals surface area contributed by atoms with Crippen molar-refractivity contribution < 1.29 is 0 Å². The molecule has 84 valence electrons. The minimum Gasteiger partial charge on any atom is -0.337 e. The van der Waals surface area contributed by atoms with E-state index in [1.807, 2.05) is 30.3 Å². The van der Waals surface area contributed by atoms with Gasteiger partial charge in [0, 0.05) is 10.0 Å². The van der Waals surface area contributed by atoms with Crippen LogP contribution < -0.4 is 0 Å². The summed E-state index contributed by atoms with van der Waals surface area (Å²) in [6, 6.07) is 11.5. The fourth-order valence-corrected chi connectivity index (χ4v) is 2.27. The number of rotatable bonds is 1. The summed E-state index contributed by atoms with van der Waals surface area (Å²) in [5.41, 5.74) is 2.50. The maximum atomic E-state index is 5.83. The van der Waals surface area contributed by atoms with E-state index in [1.54, 1.807) is 6.07 Å². The third-order valence-electron chi connectivity index (χ3n) is 2.44. The van der Waals surface area contributed by atoms with Crippen molar-refractivity contribution in [1.82, 2.24) is 15.0 Å². The predicted octanol–water partition coefficient (Wildman–Crippen LogP) is 4.04. The lowest BCUT2D eigenvalue weighted by molar-refractivity contribution is 1.30. The molecule has 3 aromatic rings. The van der Waals surface area contributed by atoms with E-state index in [9.17, 15) is 0 Å². The number of H-pyrrole nitrogens is 1. The average Bonchev–Trinajstić information content (AvgIpc) is 2.72. The van der Waals surface area contributed by atoms with Crippen LogP contribution in [0.15, 0.2) is 40.9 Å². The summed E-state index contributed by atoms with van der Waals surface area (Å²) in [4.78, 5) is 11.8. The summed E-state index contributed by atoms with van der Waals surface area (Å²) in [6.45, 7) is 0. The van der Waals surface area contributed by atoms with Crippen molar-refractivity contribution in [3.63, 3.8) is 0 Å². The fraction of sp³-hybridized carbons (Fsp3) is 0. The minimum atomic E-state index is 0.447. The molecule has 1 N–H and O–H groups in total. The molecule has 17 heavy (non-hydrogen) atoms. The number of nitrogens with one attached hydrogen (secondary N) is 1. The van der Waals surface area contributed by atoms with Gasteiger partial charge in [-0.05, 0) is 18.2 Å². The predicted molar refractivity (Wildman–Crippen MR) is 72.0 cm³/mol. The smallest absolute Gasteiger partial charge is 0.179 e. The van der Waals surface area contributed by atoms with Crippen LogP contribution in [0.2, 0.25) is 5.15 Å². The van der Waals surface area contributed by atoms with E-state index >= 15 is 0 Å². The lowest BCUT2D eigenvalue weighted by atomic mass is 10.2. The summed E-state index contributed by atoms with van der Waals surface area (Å²) in [6.07, 6.45) is 0. The number of fused-ring (bicyclic) bond motifs is 1. The normalized spacial score (nSPS) is 10.9. The molecule has 1 aromatic carbocycles. The Morgan fingerprint density at radius 3 is 2.71 bits per heavy atom. The molecule has 0 aliphatic heterocycles. The number of hydrogen-bond acceptors (Lipinski definition) is 2. The largest absolute Gasteiger partial charge is 0.337 e. The zero-order valence-electron chi connectivity index (χ0n) is 8.61. The molecule has 0 aliphatic carbocycles. The molecule has 0 amide bonds. The van der Waals surface area contributed by atoms with Gasteiger partial charge in [0.25, 0.3) is 0 Å². The summed E-state index contributed by atoms with van der Waals surface area (Å²) < 4.78 is 0.991. The molecule has 2 heterocycles. The zero-order chi connectivity index (χ0) is 11.8. The Labute approximate surface area is 111 Å². The lowest BCUT2D eigenvalue weighted by Crippen LogP contribution is -1.81. The summed E-state index contributed by atoms with van der Waals surface area (Å²) >= 11 is 9.33. The highest BCUT2D eigenvalue weighted by Crippen LogP contribution is 2.27. The number of aromatic amines is 1. The molecule has 0 unspecified atom stereocenters. The molecule has 0 radical (unpaired) electrons. The second-order valence-corrected chi connectivity index (χ2v) is 4.81. The second-order valence-electron chi connectivity index (χ2n) is 3.57. The molecule has 5 heteroatoms. The molecule has 0 atom stereocenters. The van der Waals surface area contributed by atoms with Crippen molar-refractivity contribution in [2.45, 2.75) is 0 Å². The van der Waals surface area contributed by atoms with Crippen molar-refractivity contribution in [2.75, 3.05) is 0 Å². The van der Waals surface area contributed by atoms with Crippen molar-refractivity contribution in [2.24, 2.45) is 0 Å². The first-order chi connectivity index (χ1) is 8.24. The van der Waals surface area contributed by atoms with E-state index < -0.39 is 0 Å². The molecule has 0 aliphatic rings. The lowest BCUT2D eigenvalue weighted by Gasteiger charge is -1.98. The van der Waals surface area contributed by atoms with E-state index in [2.05, 4.69) is 30.9 Å². The van der Waals surface area contributed by atoms with Gasteiger partial charge < -0.3 is 4.98 Å². The highest BCUT2D eigenvalue weighted by Gasteiger charge is 2.08. The van der Waals surface area contributed by atoms with Crippen LogP contribution in [0.1, 0.15) is 0 Å². The average molecular weight is 309 g/mol. The highest BCUT2D eigenvalue weighted by atomic mass is 79.9. The third-order valence-corrected chi connectivity index (χ3v) is 3.34. The van der Waals surface area contributed by atoms with Gasteiger partial charge in [-0.2, -0.15) is 0 Å². The van der Waals surface area contributed by atoms with E-state index in [1.165, 1.54) is 0 Å². The summed E-state index contributed by atoms with van der Waals surface area (Å²) in [7, 11) is 0. The van der Waals surface area contributed by atoms with Crippen molar-refractivity contribution >= 4 is 38.7 Å². The van der Waals surface area contributed by atoms with Gasteiger partial charge in [-0.25, -0.2) is 9.97 Å². The Hall–Kier alpha value is -1.39. The van der Waals surface area contributed by atoms with Gasteiger partial charge in [-0.1, -0.05) is 45.7 Å². The first kappa shape index (κ1) is 10.7. The second kappa shape index (κ2) is 4.13. The first-order valence-corrected chi connectivity index (χ1v) is 6.18. The number of benzene rings is 1. The molecule has 3 nitrogen and oxygen atoms in total. The van der Waals surface area contributed by atoms with E-state index in [0.29, 0.717) is 10.8 Å². The van der Waals surface area contributed by atoms with Crippen molar-refractivity contribution in [3.05, 3.63) is 46.0 Å². The molecular formula is C12H7BrClN3. The Kier molecular flexibility index (Phi) is 2.61. The number of pyridine rings is 1. The van der Waals surface area contributed by atoms with Crippen LogP contribution in [0.25, 0.3) is 22.6 Å². The molecule has 2 aromatic heterocycles. The van der Waals surface area contributed by atoms with Crippen LogP contribution in [-0.4, -0.2) is 15.0 Å². The number of aromatic nitrogens is 3. The van der Waals surface area contributed by atoms with Crippen molar-refractivity contribution in [3.8, 4) is 11.4 Å². The topological polar surface area (TPSA) is 41.6 Å². The van der Waals surface area contributed by atoms with Gasteiger partial charge in [0.1, 0.15) is 11.0 Å². The van der Waals surface area contributed by atoms with E-state index in [0.717, 1.165) is 21.4 Å². The van der Waals surface area contributed by atoms with E-state index in [4.69, 9.17) is 11.6 Å². The van der Waals surface area contributed by atoms with Gasteiger partial charge in [-0.3, -0.25) is 0 Å². The molecule has 0 saturated carbocycles.